The zero-order chi connectivity index (χ0) is 65.2. The van der Waals surface area contributed by atoms with Crippen molar-refractivity contribution in [3.63, 3.8) is 0 Å². The van der Waals surface area contributed by atoms with Gasteiger partial charge in [0.25, 0.3) is 0 Å². The van der Waals surface area contributed by atoms with Gasteiger partial charge in [0.1, 0.15) is 11.6 Å². The summed E-state index contributed by atoms with van der Waals surface area (Å²) in [4.78, 5) is 19.4. The van der Waals surface area contributed by atoms with Gasteiger partial charge in [-0.1, -0.05) is 182 Å². The van der Waals surface area contributed by atoms with Crippen LogP contribution in [0.1, 0.15) is 16.7 Å². The third-order valence-corrected chi connectivity index (χ3v) is 17.9. The fraction of sp³-hybridized carbons (Fsp3) is 0.0241. The Morgan fingerprint density at radius 2 is 0.594 bits per heavy atom. The van der Waals surface area contributed by atoms with Crippen molar-refractivity contribution in [3.05, 3.63) is 314 Å². The molecule has 13 heteroatoms. The van der Waals surface area contributed by atoms with E-state index in [0.29, 0.717) is 45.0 Å². The molecule has 0 N–H and O–H groups in total. The van der Waals surface area contributed by atoms with Crippen LogP contribution in [0.15, 0.2) is 298 Å². The van der Waals surface area contributed by atoms with Gasteiger partial charge in [0, 0.05) is 102 Å². The molecule has 7 nitrogen and oxygen atoms in total. The highest BCUT2D eigenvalue weighted by atomic mass is 19.4. The summed E-state index contributed by atoms with van der Waals surface area (Å²) in [6, 6.07) is 85.1. The number of hydrogen-bond donors (Lipinski definition) is 0. The molecule has 0 aliphatic heterocycles. The van der Waals surface area contributed by atoms with Crippen molar-refractivity contribution in [2.24, 2.45) is 0 Å². The first-order valence-corrected chi connectivity index (χ1v) is 30.9. The smallest absolute Gasteiger partial charge is 0.308 e. The molecule has 0 spiro atoms. The first kappa shape index (κ1) is 58.5. The molecule has 0 saturated heterocycles. The zero-order valence-electron chi connectivity index (χ0n) is 50.7. The number of fused-ring (bicyclic) bond motifs is 6. The molecule has 0 bridgehead atoms. The fourth-order valence-electron chi connectivity index (χ4n) is 13.3. The minimum absolute atomic E-state index is 0.195. The number of rotatable bonds is 11. The lowest BCUT2D eigenvalue weighted by atomic mass is 9.90. The van der Waals surface area contributed by atoms with E-state index in [4.69, 9.17) is 19.9 Å². The van der Waals surface area contributed by atoms with E-state index in [9.17, 15) is 5.26 Å². The van der Waals surface area contributed by atoms with E-state index in [1.165, 1.54) is 12.1 Å². The Balaban J connectivity index is 0.961. The molecule has 0 atom stereocenters. The summed E-state index contributed by atoms with van der Waals surface area (Å²) in [5.74, 6) is 0. The molecule has 0 aliphatic carbocycles. The summed E-state index contributed by atoms with van der Waals surface area (Å²) in [5.41, 5.74) is 10.3. The van der Waals surface area contributed by atoms with Crippen molar-refractivity contribution in [2.75, 3.05) is 0 Å². The van der Waals surface area contributed by atoms with Crippen molar-refractivity contribution in [2.45, 2.75) is 12.4 Å². The van der Waals surface area contributed by atoms with Gasteiger partial charge in [-0.05, 0) is 113 Å². The average Bonchev–Trinajstić information content (AvgIpc) is 1.60. The summed E-state index contributed by atoms with van der Waals surface area (Å²) in [5, 5.41) is 14.8. The number of nitrogens with zero attached hydrogens (tertiary/aromatic N) is 7. The largest absolute Gasteiger partial charge is 0.417 e. The van der Waals surface area contributed by atoms with Crippen molar-refractivity contribution in [1.29, 1.82) is 5.26 Å². The quantitative estimate of drug-likeness (QED) is 0.120. The molecule has 0 aliphatic rings. The second-order valence-electron chi connectivity index (χ2n) is 23.5. The fourth-order valence-corrected chi connectivity index (χ4v) is 13.3. The van der Waals surface area contributed by atoms with Crippen LogP contribution in [0.5, 0.6) is 0 Å². The third kappa shape index (κ3) is 10.5. The molecule has 0 unspecified atom stereocenters. The minimum atomic E-state index is -5.28. The van der Waals surface area contributed by atoms with Gasteiger partial charge in [0.15, 0.2) is 0 Å². The van der Waals surface area contributed by atoms with Crippen LogP contribution in [0.2, 0.25) is 0 Å². The molecule has 0 fully saturated rings. The van der Waals surface area contributed by atoms with Crippen molar-refractivity contribution in [1.82, 2.24) is 29.1 Å². The number of nitriles is 1. The van der Waals surface area contributed by atoms with Crippen LogP contribution in [0.4, 0.5) is 26.3 Å². The van der Waals surface area contributed by atoms with Gasteiger partial charge in [0.05, 0.1) is 67.3 Å². The Kier molecular flexibility index (Phi) is 14.4. The molecule has 6 heterocycles. The Morgan fingerprint density at radius 1 is 0.292 bits per heavy atom. The highest BCUT2D eigenvalue weighted by Crippen LogP contribution is 2.50. The summed E-state index contributed by atoms with van der Waals surface area (Å²) >= 11 is 0. The van der Waals surface area contributed by atoms with E-state index < -0.39 is 34.6 Å². The normalized spacial score (nSPS) is 11.8. The number of aromatic nitrogens is 6. The number of alkyl halides is 6. The molecule has 16 rings (SSSR count). The zero-order valence-corrected chi connectivity index (χ0v) is 50.7. The van der Waals surface area contributed by atoms with Gasteiger partial charge in [0.2, 0.25) is 0 Å². The van der Waals surface area contributed by atoms with Crippen molar-refractivity contribution in [3.8, 4) is 118 Å². The second-order valence-corrected chi connectivity index (χ2v) is 23.5. The monoisotopic (exact) mass is 1260 g/mol. The molecule has 0 radical (unpaired) electrons. The lowest BCUT2D eigenvalue weighted by Gasteiger charge is -2.24. The van der Waals surface area contributed by atoms with Gasteiger partial charge in [-0.3, -0.25) is 19.9 Å². The van der Waals surface area contributed by atoms with Crippen LogP contribution < -0.4 is 0 Å². The molecular formula is C83H49F6N7. The summed E-state index contributed by atoms with van der Waals surface area (Å²) in [6.07, 6.45) is -3.40. The van der Waals surface area contributed by atoms with Crippen LogP contribution in [0.3, 0.4) is 0 Å². The minimum Gasteiger partial charge on any atom is -0.308 e. The summed E-state index contributed by atoms with van der Waals surface area (Å²) < 4.78 is 98.4. The van der Waals surface area contributed by atoms with Crippen LogP contribution in [-0.4, -0.2) is 29.1 Å². The Morgan fingerprint density at radius 3 is 0.875 bits per heavy atom. The summed E-state index contributed by atoms with van der Waals surface area (Å²) in [7, 11) is 0. The van der Waals surface area contributed by atoms with E-state index >= 15 is 26.3 Å². The van der Waals surface area contributed by atoms with Gasteiger partial charge >= 0.3 is 12.4 Å². The van der Waals surface area contributed by atoms with Gasteiger partial charge in [-0.25, -0.2) is 0 Å². The lowest BCUT2D eigenvalue weighted by Crippen LogP contribution is -2.16. The Labute approximate surface area is 546 Å². The molecule has 96 heavy (non-hydrogen) atoms. The van der Waals surface area contributed by atoms with Crippen LogP contribution in [0, 0.1) is 11.3 Å². The maximum absolute atomic E-state index is 15.8. The predicted molar refractivity (Wildman–Crippen MR) is 370 cm³/mol. The molecular weight excluding hydrogens is 1210 g/mol. The first-order valence-electron chi connectivity index (χ1n) is 30.9. The molecule has 458 valence electrons. The molecule has 0 amide bonds. The van der Waals surface area contributed by atoms with Crippen molar-refractivity contribution >= 4 is 43.6 Å². The number of hydrogen-bond acceptors (Lipinski definition) is 5. The van der Waals surface area contributed by atoms with Crippen molar-refractivity contribution < 1.29 is 26.3 Å². The average molecular weight is 1260 g/mol. The number of pyridine rings is 4. The number of halogens is 6. The van der Waals surface area contributed by atoms with Gasteiger partial charge in [-0.2, -0.15) is 31.6 Å². The Hall–Kier alpha value is -12.5. The highest BCUT2D eigenvalue weighted by Gasteiger charge is 2.42. The first-order chi connectivity index (χ1) is 46.8. The summed E-state index contributed by atoms with van der Waals surface area (Å²) in [6.45, 7) is 0. The van der Waals surface area contributed by atoms with E-state index in [1.54, 1.807) is 29.1 Å². The van der Waals surface area contributed by atoms with E-state index in [-0.39, 0.29) is 16.9 Å². The van der Waals surface area contributed by atoms with Gasteiger partial charge < -0.3 is 9.13 Å². The highest BCUT2D eigenvalue weighted by molar-refractivity contribution is 6.14. The van der Waals surface area contributed by atoms with E-state index in [2.05, 4.69) is 6.07 Å². The molecule has 6 aromatic heterocycles. The standard InChI is InChI=1S/C83H49F6N7/c84-82(85,86)69-22-13-23-70(83(87,88)89)80(69)63-32-41-79(95-75-37-28-55(59-24-33-71(91-47-59)51-14-5-1-6-15-51)42-64(75)65-43-56(29-38-76(65)95)60-25-34-72(92-48-60)52-16-7-2-8-17-52)68(46-90)81(63)96-77-39-30-57(61-26-35-73(93-49-61)53-18-9-3-10-19-53)44-66(77)67-45-58(31-40-78(67)96)62-27-36-74(94-50-62)54-20-11-4-12-21-54/h1-45,47-50H. The van der Waals surface area contributed by atoms with Crippen LogP contribution in [-0.2, 0) is 12.4 Å². The van der Waals surface area contributed by atoms with Crippen LogP contribution >= 0.6 is 0 Å². The Bertz CT molecular complexity index is 5380. The maximum atomic E-state index is 15.8. The molecule has 16 aromatic rings. The molecule has 0 saturated carbocycles. The second kappa shape index (κ2) is 23.5. The number of benzene rings is 10. The third-order valence-electron chi connectivity index (χ3n) is 17.9. The van der Waals surface area contributed by atoms with E-state index in [1.807, 2.05) is 247 Å². The predicted octanol–water partition coefficient (Wildman–Crippen LogP) is 22.4. The van der Waals surface area contributed by atoms with E-state index in [0.717, 1.165) is 106 Å². The maximum Gasteiger partial charge on any atom is 0.417 e. The molecule has 10 aromatic carbocycles. The lowest BCUT2D eigenvalue weighted by molar-refractivity contribution is -0.142. The van der Waals surface area contributed by atoms with Crippen LogP contribution in [0.25, 0.3) is 156 Å². The topological polar surface area (TPSA) is 85.2 Å². The SMILES string of the molecule is N#Cc1c(-n2c3ccc(-c4ccc(-c5ccccc5)nc4)cc3c3cc(-c4ccc(-c5ccccc5)nc4)ccc32)ccc(-c2c(C(F)(F)F)cccc2C(F)(F)F)c1-n1c2ccc(-c3ccc(-c4ccccc4)nc3)cc2c2cc(-c3ccc(-c4ccccc4)nc3)ccc21. The van der Waals surface area contributed by atoms with Gasteiger partial charge in [-0.15, -0.1) is 0 Å².